The minimum Gasteiger partial charge on any atom is -0.466 e. The van der Waals surface area contributed by atoms with Gasteiger partial charge < -0.3 is 9.47 Å². The summed E-state index contributed by atoms with van der Waals surface area (Å²) >= 11 is 0. The molecule has 1 aliphatic rings. The molecule has 82 valence electrons. The average molecular weight is 200 g/mol. The Kier molecular flexibility index (Phi) is 3.93. The van der Waals surface area contributed by atoms with E-state index in [1.54, 1.807) is 0 Å². The summed E-state index contributed by atoms with van der Waals surface area (Å²) in [5.74, 6) is -0.00743. The molecule has 0 aromatic rings. The highest BCUT2D eigenvalue weighted by atomic mass is 16.5. The zero-order valence-corrected chi connectivity index (χ0v) is 9.34. The standard InChI is InChI=1S/C11H20O3/c1-4-9(10(12)14-5-2)6-11(3)7-13-8-11/h9H,4-8H2,1-3H3. The first-order valence-electron chi connectivity index (χ1n) is 5.35. The Bertz CT molecular complexity index is 197. The maximum absolute atomic E-state index is 11.5. The van der Waals surface area contributed by atoms with Crippen LogP contribution in [-0.2, 0) is 14.3 Å². The molecule has 0 amide bonds. The Morgan fingerprint density at radius 1 is 1.50 bits per heavy atom. The van der Waals surface area contributed by atoms with Crippen molar-refractivity contribution in [3.05, 3.63) is 0 Å². The van der Waals surface area contributed by atoms with Crippen molar-refractivity contribution in [2.24, 2.45) is 11.3 Å². The van der Waals surface area contributed by atoms with Crippen LogP contribution >= 0.6 is 0 Å². The molecule has 1 saturated heterocycles. The number of rotatable bonds is 5. The first-order valence-corrected chi connectivity index (χ1v) is 5.35. The molecule has 0 aromatic heterocycles. The second-order valence-corrected chi connectivity index (χ2v) is 4.36. The average Bonchev–Trinajstić information content (AvgIpc) is 2.11. The fourth-order valence-electron chi connectivity index (χ4n) is 1.82. The fourth-order valence-corrected chi connectivity index (χ4v) is 1.82. The van der Waals surface area contributed by atoms with Gasteiger partial charge in [-0.3, -0.25) is 4.79 Å². The van der Waals surface area contributed by atoms with Gasteiger partial charge in [0.2, 0.25) is 0 Å². The van der Waals surface area contributed by atoms with Crippen LogP contribution in [0.25, 0.3) is 0 Å². The van der Waals surface area contributed by atoms with Gasteiger partial charge in [-0.25, -0.2) is 0 Å². The Balaban J connectivity index is 2.41. The molecule has 1 heterocycles. The summed E-state index contributed by atoms with van der Waals surface area (Å²) in [5, 5.41) is 0. The topological polar surface area (TPSA) is 35.5 Å². The van der Waals surface area contributed by atoms with Gasteiger partial charge in [0.15, 0.2) is 0 Å². The lowest BCUT2D eigenvalue weighted by Gasteiger charge is -2.39. The molecule has 0 aromatic carbocycles. The molecular weight excluding hydrogens is 180 g/mol. The van der Waals surface area contributed by atoms with Crippen LogP contribution in [0.2, 0.25) is 0 Å². The number of hydrogen-bond acceptors (Lipinski definition) is 3. The Labute approximate surface area is 85.8 Å². The van der Waals surface area contributed by atoms with Gasteiger partial charge in [0.25, 0.3) is 0 Å². The highest BCUT2D eigenvalue weighted by molar-refractivity contribution is 5.72. The van der Waals surface area contributed by atoms with Crippen LogP contribution in [-0.4, -0.2) is 25.8 Å². The first kappa shape index (κ1) is 11.5. The van der Waals surface area contributed by atoms with E-state index in [0.717, 1.165) is 26.1 Å². The van der Waals surface area contributed by atoms with Crippen molar-refractivity contribution in [2.45, 2.75) is 33.6 Å². The summed E-state index contributed by atoms with van der Waals surface area (Å²) in [6.07, 6.45) is 1.75. The summed E-state index contributed by atoms with van der Waals surface area (Å²) in [7, 11) is 0. The van der Waals surface area contributed by atoms with Crippen LogP contribution in [0.15, 0.2) is 0 Å². The molecule has 1 atom stereocenters. The van der Waals surface area contributed by atoms with E-state index >= 15 is 0 Å². The summed E-state index contributed by atoms with van der Waals surface area (Å²) in [5.41, 5.74) is 0.202. The molecule has 3 nitrogen and oxygen atoms in total. The second kappa shape index (κ2) is 4.78. The Hall–Kier alpha value is -0.570. The van der Waals surface area contributed by atoms with Crippen LogP contribution < -0.4 is 0 Å². The summed E-state index contributed by atoms with van der Waals surface area (Å²) < 4.78 is 10.2. The van der Waals surface area contributed by atoms with Crippen LogP contribution in [0.1, 0.15) is 33.6 Å². The number of hydrogen-bond donors (Lipinski definition) is 0. The van der Waals surface area contributed by atoms with Crippen LogP contribution in [0.5, 0.6) is 0 Å². The SMILES string of the molecule is CCOC(=O)C(CC)CC1(C)COC1. The van der Waals surface area contributed by atoms with Gasteiger partial charge in [-0.05, 0) is 19.8 Å². The number of esters is 1. The number of carbonyl (C=O) groups excluding carboxylic acids is 1. The predicted octanol–water partition coefficient (Wildman–Crippen LogP) is 2.00. The molecule has 0 bridgehead atoms. The quantitative estimate of drug-likeness (QED) is 0.637. The minimum atomic E-state index is -0.0527. The molecule has 1 aliphatic heterocycles. The van der Waals surface area contributed by atoms with Crippen molar-refractivity contribution >= 4 is 5.97 Å². The highest BCUT2D eigenvalue weighted by Gasteiger charge is 2.37. The van der Waals surface area contributed by atoms with Gasteiger partial charge in [-0.1, -0.05) is 13.8 Å². The van der Waals surface area contributed by atoms with E-state index < -0.39 is 0 Å². The van der Waals surface area contributed by atoms with Gasteiger partial charge >= 0.3 is 5.97 Å². The van der Waals surface area contributed by atoms with E-state index in [0.29, 0.717) is 6.61 Å². The van der Waals surface area contributed by atoms with Gasteiger partial charge in [0.05, 0.1) is 25.7 Å². The largest absolute Gasteiger partial charge is 0.466 e. The van der Waals surface area contributed by atoms with Crippen molar-refractivity contribution in [1.29, 1.82) is 0 Å². The summed E-state index contributed by atoms with van der Waals surface area (Å²) in [6, 6.07) is 0. The van der Waals surface area contributed by atoms with E-state index in [1.165, 1.54) is 0 Å². The molecule has 0 saturated carbocycles. The third-order valence-corrected chi connectivity index (χ3v) is 2.75. The first-order chi connectivity index (χ1) is 6.61. The Morgan fingerprint density at radius 2 is 2.14 bits per heavy atom. The predicted molar refractivity (Wildman–Crippen MR) is 54.0 cm³/mol. The normalized spacial score (nSPS) is 21.1. The molecule has 14 heavy (non-hydrogen) atoms. The monoisotopic (exact) mass is 200 g/mol. The molecule has 0 N–H and O–H groups in total. The molecule has 0 radical (unpaired) electrons. The molecule has 0 spiro atoms. The molecule has 1 unspecified atom stereocenters. The van der Waals surface area contributed by atoms with Crippen molar-refractivity contribution in [3.8, 4) is 0 Å². The Morgan fingerprint density at radius 3 is 2.50 bits per heavy atom. The van der Waals surface area contributed by atoms with E-state index in [2.05, 4.69) is 6.92 Å². The molecule has 1 fully saturated rings. The fraction of sp³-hybridized carbons (Fsp3) is 0.909. The second-order valence-electron chi connectivity index (χ2n) is 4.36. The van der Waals surface area contributed by atoms with Crippen molar-refractivity contribution in [3.63, 3.8) is 0 Å². The lowest BCUT2D eigenvalue weighted by molar-refractivity contribution is -0.155. The number of ether oxygens (including phenoxy) is 2. The zero-order chi connectivity index (χ0) is 10.6. The van der Waals surface area contributed by atoms with E-state index in [4.69, 9.17) is 9.47 Å². The van der Waals surface area contributed by atoms with Gasteiger partial charge in [0.1, 0.15) is 0 Å². The van der Waals surface area contributed by atoms with Crippen molar-refractivity contribution in [1.82, 2.24) is 0 Å². The summed E-state index contributed by atoms with van der Waals surface area (Å²) in [4.78, 5) is 11.5. The molecule has 0 aliphatic carbocycles. The van der Waals surface area contributed by atoms with Gasteiger partial charge in [0, 0.05) is 5.41 Å². The lowest BCUT2D eigenvalue weighted by atomic mass is 9.78. The van der Waals surface area contributed by atoms with Gasteiger partial charge in [-0.2, -0.15) is 0 Å². The van der Waals surface area contributed by atoms with Crippen LogP contribution in [0.4, 0.5) is 0 Å². The maximum Gasteiger partial charge on any atom is 0.308 e. The summed E-state index contributed by atoms with van der Waals surface area (Å²) in [6.45, 7) is 8.08. The maximum atomic E-state index is 11.5. The van der Waals surface area contributed by atoms with Crippen LogP contribution in [0.3, 0.4) is 0 Å². The highest BCUT2D eigenvalue weighted by Crippen LogP contribution is 2.35. The smallest absolute Gasteiger partial charge is 0.308 e. The molecular formula is C11H20O3. The van der Waals surface area contributed by atoms with E-state index in [-0.39, 0.29) is 17.3 Å². The lowest BCUT2D eigenvalue weighted by Crippen LogP contribution is -2.42. The van der Waals surface area contributed by atoms with Gasteiger partial charge in [-0.15, -0.1) is 0 Å². The van der Waals surface area contributed by atoms with Crippen molar-refractivity contribution < 1.29 is 14.3 Å². The molecule has 3 heteroatoms. The number of carbonyl (C=O) groups is 1. The molecule has 1 rings (SSSR count). The zero-order valence-electron chi connectivity index (χ0n) is 9.34. The van der Waals surface area contributed by atoms with E-state index in [1.807, 2.05) is 13.8 Å². The minimum absolute atomic E-state index is 0.0452. The van der Waals surface area contributed by atoms with Crippen molar-refractivity contribution in [2.75, 3.05) is 19.8 Å². The van der Waals surface area contributed by atoms with Crippen LogP contribution in [0, 0.1) is 11.3 Å². The van der Waals surface area contributed by atoms with E-state index in [9.17, 15) is 4.79 Å². The third-order valence-electron chi connectivity index (χ3n) is 2.75. The third kappa shape index (κ3) is 2.71.